The van der Waals surface area contributed by atoms with Gasteiger partial charge in [0.15, 0.2) is 11.6 Å². The van der Waals surface area contributed by atoms with E-state index in [0.29, 0.717) is 5.56 Å². The molecule has 1 fully saturated rings. The predicted octanol–water partition coefficient (Wildman–Crippen LogP) is 4.83. The zero-order valence-corrected chi connectivity index (χ0v) is 18.3. The van der Waals surface area contributed by atoms with Crippen molar-refractivity contribution in [2.24, 2.45) is 10.8 Å². The molecule has 2 aromatic rings. The number of hydrogen-bond acceptors (Lipinski definition) is 6. The third-order valence-corrected chi connectivity index (χ3v) is 6.03. The largest absolute Gasteiger partial charge is 0.456 e. The lowest BCUT2D eigenvalue weighted by molar-refractivity contribution is -0.384. The van der Waals surface area contributed by atoms with E-state index in [2.05, 4.69) is 15.9 Å². The molecule has 30 heavy (non-hydrogen) atoms. The van der Waals surface area contributed by atoms with E-state index >= 15 is 0 Å². The summed E-state index contributed by atoms with van der Waals surface area (Å²) < 4.78 is 6.54. The summed E-state index contributed by atoms with van der Waals surface area (Å²) in [5.41, 5.74) is -1.96. The minimum atomic E-state index is -1.64. The highest BCUT2D eigenvalue weighted by atomic mass is 79.9. The summed E-state index contributed by atoms with van der Waals surface area (Å²) in [6.07, 6.45) is -1.15. The monoisotopic (exact) mass is 473 g/mol. The van der Waals surface area contributed by atoms with Crippen LogP contribution < -0.4 is 0 Å². The summed E-state index contributed by atoms with van der Waals surface area (Å²) in [7, 11) is 0. The Bertz CT molecular complexity index is 1030. The van der Waals surface area contributed by atoms with Gasteiger partial charge in [0, 0.05) is 28.6 Å². The van der Waals surface area contributed by atoms with Crippen molar-refractivity contribution in [3.8, 4) is 0 Å². The van der Waals surface area contributed by atoms with Crippen molar-refractivity contribution in [1.82, 2.24) is 0 Å². The van der Waals surface area contributed by atoms with Crippen molar-refractivity contribution < 1.29 is 24.0 Å². The highest BCUT2D eigenvalue weighted by Crippen LogP contribution is 2.49. The summed E-state index contributed by atoms with van der Waals surface area (Å²) in [5, 5.41) is 10.8. The van der Waals surface area contributed by atoms with E-state index < -0.39 is 33.6 Å². The number of carbonyl (C=O) groups is 3. The van der Waals surface area contributed by atoms with E-state index in [9.17, 15) is 24.5 Å². The number of non-ortho nitro benzene ring substituents is 1. The number of cyclic esters (lactones) is 1. The minimum Gasteiger partial charge on any atom is -0.456 e. The van der Waals surface area contributed by atoms with E-state index in [1.54, 1.807) is 38.1 Å². The Kier molecular flexibility index (Phi) is 5.64. The third-order valence-electron chi connectivity index (χ3n) is 5.50. The molecule has 3 rings (SSSR count). The van der Waals surface area contributed by atoms with Crippen LogP contribution in [0, 0.1) is 20.9 Å². The Labute approximate surface area is 181 Å². The number of benzene rings is 2. The SMILES string of the molecule is CC1(C)C(=O)[C@@](C)(CC(=O)c2ccc([N+](=O)[O-])cc2)C(=O)O[C@@H]1c1ccc(Br)cc1. The van der Waals surface area contributed by atoms with Crippen LogP contribution in [0.3, 0.4) is 0 Å². The Morgan fingerprint density at radius 1 is 1.07 bits per heavy atom. The van der Waals surface area contributed by atoms with Gasteiger partial charge in [-0.3, -0.25) is 24.5 Å². The van der Waals surface area contributed by atoms with Gasteiger partial charge in [-0.1, -0.05) is 28.1 Å². The van der Waals surface area contributed by atoms with Crippen LogP contribution >= 0.6 is 15.9 Å². The molecular weight excluding hydrogens is 454 g/mol. The van der Waals surface area contributed by atoms with Gasteiger partial charge in [-0.2, -0.15) is 0 Å². The van der Waals surface area contributed by atoms with Crippen LogP contribution in [0.25, 0.3) is 0 Å². The first kappa shape index (κ1) is 21.8. The number of carbonyl (C=O) groups excluding carboxylic acids is 3. The lowest BCUT2D eigenvalue weighted by Gasteiger charge is -2.44. The van der Waals surface area contributed by atoms with Gasteiger partial charge in [0.1, 0.15) is 11.5 Å². The number of Topliss-reactive ketones (excluding diaryl/α,β-unsaturated/α-hetero) is 2. The van der Waals surface area contributed by atoms with Gasteiger partial charge in [-0.15, -0.1) is 0 Å². The lowest BCUT2D eigenvalue weighted by Crippen LogP contribution is -2.54. The standard InChI is InChI=1S/C22H20BrNO6/c1-21(2)18(14-4-8-15(23)9-5-14)30-20(27)22(3,19(21)26)12-17(25)13-6-10-16(11-7-13)24(28)29/h4-11,18H,12H2,1-3H3/t18-,22-/m1/s1. The van der Waals surface area contributed by atoms with E-state index in [1.807, 2.05) is 0 Å². The molecule has 0 amide bonds. The summed E-state index contributed by atoms with van der Waals surface area (Å²) in [6, 6.07) is 12.2. The minimum absolute atomic E-state index is 0.149. The van der Waals surface area contributed by atoms with Crippen LogP contribution in [0.2, 0.25) is 0 Å². The van der Waals surface area contributed by atoms with Crippen molar-refractivity contribution in [3.63, 3.8) is 0 Å². The Morgan fingerprint density at radius 2 is 1.63 bits per heavy atom. The molecule has 0 N–H and O–H groups in total. The van der Waals surface area contributed by atoms with Gasteiger partial charge in [0.25, 0.3) is 5.69 Å². The molecule has 0 aromatic heterocycles. The zero-order chi connectivity index (χ0) is 22.3. The van der Waals surface area contributed by atoms with Crippen molar-refractivity contribution in [3.05, 3.63) is 74.2 Å². The first-order chi connectivity index (χ1) is 14.0. The molecule has 0 saturated carbocycles. The fraction of sp³-hybridized carbons (Fsp3) is 0.318. The van der Waals surface area contributed by atoms with Gasteiger partial charge < -0.3 is 4.74 Å². The average Bonchev–Trinajstić information content (AvgIpc) is 2.70. The normalized spacial score (nSPS) is 23.0. The highest BCUT2D eigenvalue weighted by Gasteiger charge is 2.58. The number of nitro benzene ring substituents is 1. The first-order valence-electron chi connectivity index (χ1n) is 9.26. The number of halogens is 1. The van der Waals surface area contributed by atoms with Crippen LogP contribution in [0.5, 0.6) is 0 Å². The number of ketones is 2. The second-order valence-electron chi connectivity index (χ2n) is 8.12. The molecule has 156 valence electrons. The molecule has 0 bridgehead atoms. The summed E-state index contributed by atoms with van der Waals surface area (Å²) in [6.45, 7) is 4.81. The number of nitro groups is 1. The molecule has 0 aliphatic carbocycles. The van der Waals surface area contributed by atoms with Crippen molar-refractivity contribution in [1.29, 1.82) is 0 Å². The third kappa shape index (κ3) is 3.79. The summed E-state index contributed by atoms with van der Waals surface area (Å²) in [5.74, 6) is -1.60. The van der Waals surface area contributed by atoms with E-state index in [-0.39, 0.29) is 23.5 Å². The Hall–Kier alpha value is -2.87. The smallest absolute Gasteiger partial charge is 0.320 e. The second-order valence-corrected chi connectivity index (χ2v) is 9.04. The molecule has 2 aromatic carbocycles. The quantitative estimate of drug-likeness (QED) is 0.202. The fourth-order valence-electron chi connectivity index (χ4n) is 3.77. The number of rotatable bonds is 5. The van der Waals surface area contributed by atoms with Gasteiger partial charge in [-0.05, 0) is 50.6 Å². The number of hydrogen-bond donors (Lipinski definition) is 0. The van der Waals surface area contributed by atoms with E-state index in [4.69, 9.17) is 4.74 Å². The highest BCUT2D eigenvalue weighted by molar-refractivity contribution is 9.10. The van der Waals surface area contributed by atoms with Crippen LogP contribution in [0.4, 0.5) is 5.69 Å². The van der Waals surface area contributed by atoms with Gasteiger partial charge in [0.05, 0.1) is 10.3 Å². The number of nitrogens with zero attached hydrogens (tertiary/aromatic N) is 1. The second kappa shape index (κ2) is 7.75. The van der Waals surface area contributed by atoms with Crippen LogP contribution in [-0.4, -0.2) is 22.5 Å². The molecule has 0 spiro atoms. The maximum Gasteiger partial charge on any atom is 0.320 e. The maximum atomic E-state index is 13.4. The van der Waals surface area contributed by atoms with Gasteiger partial charge >= 0.3 is 5.97 Å². The predicted molar refractivity (Wildman–Crippen MR) is 112 cm³/mol. The molecule has 2 atom stereocenters. The topological polar surface area (TPSA) is 104 Å². The van der Waals surface area contributed by atoms with Gasteiger partial charge in [0.2, 0.25) is 0 Å². The van der Waals surface area contributed by atoms with Crippen molar-refractivity contribution in [2.75, 3.05) is 0 Å². The molecule has 1 heterocycles. The molecule has 7 nitrogen and oxygen atoms in total. The maximum absolute atomic E-state index is 13.4. The van der Waals surface area contributed by atoms with Crippen molar-refractivity contribution in [2.45, 2.75) is 33.3 Å². The molecule has 0 radical (unpaired) electrons. The molecule has 1 saturated heterocycles. The molecule has 1 aliphatic rings. The Morgan fingerprint density at radius 3 is 2.17 bits per heavy atom. The lowest BCUT2D eigenvalue weighted by atomic mass is 9.64. The van der Waals surface area contributed by atoms with Crippen LogP contribution in [0.15, 0.2) is 53.0 Å². The van der Waals surface area contributed by atoms with Crippen LogP contribution in [-0.2, 0) is 14.3 Å². The fourth-order valence-corrected chi connectivity index (χ4v) is 4.04. The average molecular weight is 474 g/mol. The number of ether oxygens (including phenoxy) is 1. The van der Waals surface area contributed by atoms with E-state index in [1.165, 1.54) is 31.2 Å². The summed E-state index contributed by atoms with van der Waals surface area (Å²) >= 11 is 3.35. The molecule has 8 heteroatoms. The zero-order valence-electron chi connectivity index (χ0n) is 16.7. The van der Waals surface area contributed by atoms with Crippen molar-refractivity contribution >= 4 is 39.2 Å². The molecule has 0 unspecified atom stereocenters. The first-order valence-corrected chi connectivity index (χ1v) is 10.1. The number of esters is 1. The summed E-state index contributed by atoms with van der Waals surface area (Å²) in [4.78, 5) is 49.2. The molecular formula is C22H20BrNO6. The van der Waals surface area contributed by atoms with Crippen LogP contribution in [0.1, 0.15) is 49.2 Å². The van der Waals surface area contributed by atoms with E-state index in [0.717, 1.165) is 4.47 Å². The Balaban J connectivity index is 1.87. The van der Waals surface area contributed by atoms with Gasteiger partial charge in [-0.25, -0.2) is 0 Å². The molecule has 1 aliphatic heterocycles.